The van der Waals surface area contributed by atoms with E-state index < -0.39 is 114 Å². The molecule has 1 saturated heterocycles. The number of carbonyl (C=O) groups excluding carboxylic acids is 10. The number of hydrogen-bond donors (Lipinski definition) is 16. The number of aromatic amines is 1. The number of hydrazine groups is 1. The van der Waals surface area contributed by atoms with Crippen LogP contribution in [-0.4, -0.2) is 137 Å². The first kappa shape index (κ1) is 57.3. The van der Waals surface area contributed by atoms with E-state index in [2.05, 4.69) is 63.7 Å². The van der Waals surface area contributed by atoms with Gasteiger partial charge in [-0.1, -0.05) is 62.4 Å². The van der Waals surface area contributed by atoms with E-state index >= 15 is 0 Å². The highest BCUT2D eigenvalue weighted by molar-refractivity contribution is 5.99. The van der Waals surface area contributed by atoms with E-state index in [-0.39, 0.29) is 63.4 Å². The highest BCUT2D eigenvalue weighted by Gasteiger charge is 2.36. The number of aliphatic hydroxyl groups is 1. The number of urea groups is 1. The summed E-state index contributed by atoms with van der Waals surface area (Å²) in [4.78, 5) is 134. The maximum Gasteiger partial charge on any atom is 0.334 e. The molecule has 396 valence electrons. The molecule has 2 heterocycles. The van der Waals surface area contributed by atoms with Gasteiger partial charge in [0.05, 0.1) is 12.5 Å². The molecule has 73 heavy (non-hydrogen) atoms. The van der Waals surface area contributed by atoms with Gasteiger partial charge in [0.15, 0.2) is 5.96 Å². The van der Waals surface area contributed by atoms with Crippen molar-refractivity contribution in [2.45, 2.75) is 121 Å². The van der Waals surface area contributed by atoms with Crippen LogP contribution in [0.4, 0.5) is 4.79 Å². The summed E-state index contributed by atoms with van der Waals surface area (Å²) in [5.74, 6) is -7.86. The highest BCUT2D eigenvalue weighted by Crippen LogP contribution is 2.19. The summed E-state index contributed by atoms with van der Waals surface area (Å²) in [5, 5.41) is 42.1. The Morgan fingerprint density at radius 2 is 1.38 bits per heavy atom. The minimum Gasteiger partial charge on any atom is -0.391 e. The molecule has 0 radical (unpaired) electrons. The Morgan fingerprint density at radius 3 is 2.01 bits per heavy atom. The van der Waals surface area contributed by atoms with Crippen molar-refractivity contribution >= 4 is 76.1 Å². The van der Waals surface area contributed by atoms with Crippen LogP contribution < -0.4 is 70.2 Å². The van der Waals surface area contributed by atoms with Gasteiger partial charge in [-0.25, -0.2) is 10.2 Å². The van der Waals surface area contributed by atoms with Crippen LogP contribution in [0, 0.1) is 11.3 Å². The summed E-state index contributed by atoms with van der Waals surface area (Å²) in [6.45, 7) is 4.95. The number of amides is 11. The second kappa shape index (κ2) is 27.9. The number of guanidine groups is 1. The molecule has 1 aliphatic rings. The largest absolute Gasteiger partial charge is 0.391 e. The second-order valence-electron chi connectivity index (χ2n) is 17.9. The molecule has 2 aromatic carbocycles. The van der Waals surface area contributed by atoms with E-state index in [1.165, 1.54) is 0 Å². The fraction of sp³-hybridized carbons (Fsp3) is 0.468. The van der Waals surface area contributed by atoms with Gasteiger partial charge in [0.2, 0.25) is 47.3 Å². The lowest BCUT2D eigenvalue weighted by Gasteiger charge is -2.27. The molecule has 4 rings (SSSR count). The van der Waals surface area contributed by atoms with E-state index in [4.69, 9.17) is 16.9 Å². The molecule has 1 aromatic heterocycles. The Kier molecular flexibility index (Phi) is 21.9. The fourth-order valence-corrected chi connectivity index (χ4v) is 7.74. The summed E-state index contributed by atoms with van der Waals surface area (Å²) >= 11 is 0. The normalized spacial score (nSPS) is 15.9. The number of fused-ring (bicyclic) bond motifs is 1. The quantitative estimate of drug-likeness (QED) is 0.0162. The summed E-state index contributed by atoms with van der Waals surface area (Å²) < 4.78 is 0. The lowest BCUT2D eigenvalue weighted by atomic mass is 10.0. The lowest BCUT2D eigenvalue weighted by molar-refractivity contribution is -0.136. The van der Waals surface area contributed by atoms with E-state index in [1.54, 1.807) is 57.4 Å². The first-order chi connectivity index (χ1) is 34.6. The first-order valence-electron chi connectivity index (χ1n) is 23.7. The average Bonchev–Trinajstić information content (AvgIpc) is 3.97. The molecule has 0 unspecified atom stereocenters. The predicted molar refractivity (Wildman–Crippen MR) is 265 cm³/mol. The Labute approximate surface area is 420 Å². The number of H-pyrrole nitrogens is 1. The van der Waals surface area contributed by atoms with Crippen LogP contribution in [0.25, 0.3) is 10.9 Å². The predicted octanol–water partition coefficient (Wildman–Crippen LogP) is -3.33. The number of para-hydroxylation sites is 1. The zero-order valence-corrected chi connectivity index (χ0v) is 41.0. The highest BCUT2D eigenvalue weighted by atomic mass is 16.3. The monoisotopic (exact) mass is 1020 g/mol. The van der Waals surface area contributed by atoms with Crippen LogP contribution in [0.3, 0.4) is 0 Å². The smallest absolute Gasteiger partial charge is 0.334 e. The number of hydrogen-bond acceptors (Lipinski definition) is 12. The number of rotatable bonds is 26. The minimum absolute atomic E-state index is 0.0205. The molecule has 3 aromatic rings. The van der Waals surface area contributed by atoms with Crippen LogP contribution in [0.5, 0.6) is 0 Å². The molecule has 0 bridgehead atoms. The molecule has 11 amide bonds. The fourth-order valence-electron chi connectivity index (χ4n) is 7.74. The minimum atomic E-state index is -1.77. The number of nitrogens with one attached hydrogen (secondary N) is 13. The molecule has 8 atom stereocenters. The molecular formula is C47H67N15O11. The average molecular weight is 1020 g/mol. The van der Waals surface area contributed by atoms with Crippen LogP contribution in [0.1, 0.15) is 70.4 Å². The Bertz CT molecular complexity index is 2470. The summed E-state index contributed by atoms with van der Waals surface area (Å²) in [5.41, 5.74) is 17.5. The third-order valence-electron chi connectivity index (χ3n) is 11.6. The summed E-state index contributed by atoms with van der Waals surface area (Å²) in [6, 6.07) is 5.05. The number of carbonyl (C=O) groups is 10. The Balaban J connectivity index is 1.46. The number of aromatic nitrogens is 1. The van der Waals surface area contributed by atoms with Crippen molar-refractivity contribution in [2.24, 2.45) is 17.4 Å². The van der Waals surface area contributed by atoms with Crippen molar-refractivity contribution < 1.29 is 53.1 Å². The molecule has 1 aliphatic heterocycles. The maximum absolute atomic E-state index is 14.0. The van der Waals surface area contributed by atoms with Gasteiger partial charge in [-0.2, -0.15) is 0 Å². The van der Waals surface area contributed by atoms with E-state index in [0.29, 0.717) is 11.1 Å². The number of benzene rings is 2. The molecule has 0 aliphatic carbocycles. The zero-order valence-electron chi connectivity index (χ0n) is 41.0. The molecule has 0 spiro atoms. The number of nitrogens with two attached hydrogens (primary N) is 2. The van der Waals surface area contributed by atoms with Crippen molar-refractivity contribution in [2.75, 3.05) is 13.6 Å². The number of aliphatic hydroxyl groups excluding tert-OH is 1. The molecule has 26 nitrogen and oxygen atoms in total. The molecule has 0 saturated carbocycles. The topological polar surface area (TPSA) is 415 Å². The van der Waals surface area contributed by atoms with Crippen LogP contribution >= 0.6 is 0 Å². The third kappa shape index (κ3) is 18.4. The van der Waals surface area contributed by atoms with E-state index in [9.17, 15) is 53.1 Å². The number of primary amides is 2. The van der Waals surface area contributed by atoms with Gasteiger partial charge in [-0.3, -0.25) is 54.0 Å². The third-order valence-corrected chi connectivity index (χ3v) is 11.6. The summed E-state index contributed by atoms with van der Waals surface area (Å²) in [7, 11) is 1.55. The molecule has 18 N–H and O–H groups in total. The molecular weight excluding hydrogens is 951 g/mol. The lowest BCUT2D eigenvalue weighted by Crippen LogP contribution is -2.62. The van der Waals surface area contributed by atoms with Crippen LogP contribution in [0.15, 0.2) is 60.8 Å². The van der Waals surface area contributed by atoms with Gasteiger partial charge in [0.25, 0.3) is 5.91 Å². The van der Waals surface area contributed by atoms with Gasteiger partial charge in [-0.05, 0) is 55.7 Å². The van der Waals surface area contributed by atoms with Crippen molar-refractivity contribution in [1.29, 1.82) is 5.41 Å². The summed E-state index contributed by atoms with van der Waals surface area (Å²) in [6.07, 6.45) is -0.224. The Morgan fingerprint density at radius 1 is 0.740 bits per heavy atom. The van der Waals surface area contributed by atoms with Crippen molar-refractivity contribution in [1.82, 2.24) is 63.7 Å². The first-order valence-corrected chi connectivity index (χ1v) is 23.7. The van der Waals surface area contributed by atoms with Gasteiger partial charge >= 0.3 is 6.03 Å². The van der Waals surface area contributed by atoms with E-state index in [0.717, 1.165) is 17.8 Å². The van der Waals surface area contributed by atoms with Crippen LogP contribution in [0.2, 0.25) is 0 Å². The van der Waals surface area contributed by atoms with Crippen LogP contribution in [-0.2, 0) is 56.0 Å². The van der Waals surface area contributed by atoms with Crippen molar-refractivity contribution in [3.63, 3.8) is 0 Å². The molecule has 1 fully saturated rings. The van der Waals surface area contributed by atoms with Crippen molar-refractivity contribution in [3.05, 3.63) is 71.9 Å². The SMILES string of the molecule is CNC(=N)NCCC[C@H](NC(=O)[C@H](CC(C)C)NC(=O)NNC(=O)[C@H](Cc1ccccc1)NC(=O)[C@@H](NC(=O)[C@H](CC(N)=O)NC(=O)[C@@H]1CCC(=O)N1)[C@@H](C)O)C(=O)N[C@@H](Cc1c[nH]c2ccccc12)C(N)=O. The van der Waals surface area contributed by atoms with Crippen molar-refractivity contribution in [3.8, 4) is 0 Å². The maximum atomic E-state index is 14.0. The van der Waals surface area contributed by atoms with Gasteiger partial charge in [0.1, 0.15) is 42.3 Å². The Hall–Kier alpha value is -8.29. The van der Waals surface area contributed by atoms with Gasteiger partial charge < -0.3 is 69.4 Å². The second-order valence-corrected chi connectivity index (χ2v) is 17.9. The van der Waals surface area contributed by atoms with E-state index in [1.807, 2.05) is 24.3 Å². The van der Waals surface area contributed by atoms with Gasteiger partial charge in [-0.15, -0.1) is 0 Å². The standard InChI is InChI=1S/C47H67N15O11/c1-24(2)19-33(42(69)55-30(15-10-18-52-46(50)51-4)40(67)56-32(39(49)66)21-27-23-53-29-14-9-8-13-28(27)29)59-47(73)62-61-44(71)34(20-26-11-6-5-7-12-26)58-45(72)38(25(3)63)60-43(70)35(22-36(48)64)57-41(68)31-16-17-37(65)54-31/h5-9,11-14,23-25,30-35,38,53,63H,10,15-22H2,1-4H3,(H2,48,64)(H2,49,66)(H,54,65)(H,55,69)(H,56,67)(H,57,68)(H,58,72)(H,60,70)(H,61,71)(H3,50,51,52)(H2,59,62,73)/t25-,30+,31+,32+,33+,34+,35+,38+/m1/s1. The van der Waals surface area contributed by atoms with Gasteiger partial charge in [0, 0.05) is 50.0 Å². The molecule has 26 heteroatoms. The zero-order chi connectivity index (χ0) is 53.8.